The summed E-state index contributed by atoms with van der Waals surface area (Å²) in [5.41, 5.74) is 0. The van der Waals surface area contributed by atoms with Crippen LogP contribution in [0.4, 0.5) is 4.79 Å². The van der Waals surface area contributed by atoms with E-state index in [0.717, 1.165) is 12.3 Å². The summed E-state index contributed by atoms with van der Waals surface area (Å²) in [6.45, 7) is 2.96. The third-order valence-electron chi connectivity index (χ3n) is 4.79. The van der Waals surface area contributed by atoms with Crippen molar-refractivity contribution in [2.75, 3.05) is 13.1 Å². The van der Waals surface area contributed by atoms with Crippen molar-refractivity contribution >= 4 is 12.0 Å². The highest BCUT2D eigenvalue weighted by atomic mass is 16.4. The Kier molecular flexibility index (Phi) is 5.45. The fraction of sp³-hybridized carbons (Fsp3) is 0.867. The van der Waals surface area contributed by atoms with Gasteiger partial charge in [-0.3, -0.25) is 0 Å². The van der Waals surface area contributed by atoms with Crippen molar-refractivity contribution in [2.45, 2.75) is 57.6 Å². The van der Waals surface area contributed by atoms with Crippen LogP contribution in [0.1, 0.15) is 45.4 Å². The lowest BCUT2D eigenvalue weighted by Crippen LogP contribution is -2.46. The Morgan fingerprint density at radius 2 is 1.90 bits per heavy atom. The van der Waals surface area contributed by atoms with Crippen LogP contribution in [0.2, 0.25) is 0 Å². The Bertz CT molecular complexity index is 380. The fourth-order valence-electron chi connectivity index (χ4n) is 3.37. The summed E-state index contributed by atoms with van der Waals surface area (Å²) in [4.78, 5) is 24.4. The van der Waals surface area contributed by atoms with E-state index >= 15 is 0 Å². The topological polar surface area (TPSA) is 89.9 Å². The van der Waals surface area contributed by atoms with Gasteiger partial charge in [-0.1, -0.05) is 32.6 Å². The number of carbonyl (C=O) groups excluding carboxylic acids is 1. The monoisotopic (exact) mass is 298 g/mol. The lowest BCUT2D eigenvalue weighted by molar-refractivity contribution is -0.141. The van der Waals surface area contributed by atoms with Crippen molar-refractivity contribution in [3.05, 3.63) is 0 Å². The van der Waals surface area contributed by atoms with Crippen molar-refractivity contribution in [1.29, 1.82) is 0 Å². The third kappa shape index (κ3) is 4.33. The van der Waals surface area contributed by atoms with Gasteiger partial charge in [0.15, 0.2) is 0 Å². The molecule has 0 aromatic heterocycles. The van der Waals surface area contributed by atoms with Crippen LogP contribution in [0.3, 0.4) is 0 Å². The minimum Gasteiger partial charge on any atom is -0.480 e. The van der Waals surface area contributed by atoms with Gasteiger partial charge >= 0.3 is 12.0 Å². The molecule has 1 aliphatic heterocycles. The molecular weight excluding hydrogens is 272 g/mol. The van der Waals surface area contributed by atoms with Gasteiger partial charge in [-0.2, -0.15) is 0 Å². The van der Waals surface area contributed by atoms with Crippen LogP contribution in [-0.2, 0) is 4.79 Å². The number of rotatable bonds is 4. The average Bonchev–Trinajstić information content (AvgIpc) is 2.83. The smallest absolute Gasteiger partial charge is 0.326 e. The molecule has 2 amide bonds. The SMILES string of the molecule is CC1CCC(CCNC(=O)N2CC(O)C[C@H]2C(=O)O)CC1. The van der Waals surface area contributed by atoms with E-state index in [-0.39, 0.29) is 19.0 Å². The second-order valence-corrected chi connectivity index (χ2v) is 6.54. The molecule has 3 N–H and O–H groups in total. The molecule has 1 saturated heterocycles. The molecule has 1 heterocycles. The van der Waals surface area contributed by atoms with E-state index in [1.54, 1.807) is 0 Å². The summed E-state index contributed by atoms with van der Waals surface area (Å²) >= 11 is 0. The zero-order chi connectivity index (χ0) is 15.4. The standard InChI is InChI=1S/C15H26N2O4/c1-10-2-4-11(5-3-10)6-7-16-15(21)17-9-12(18)8-13(17)14(19)20/h10-13,18H,2-9H2,1H3,(H,16,21)(H,19,20)/t10?,11?,12?,13-/m0/s1. The molecule has 1 saturated carbocycles. The first-order chi connectivity index (χ1) is 9.97. The second-order valence-electron chi connectivity index (χ2n) is 6.54. The number of urea groups is 1. The maximum atomic E-state index is 12.0. The predicted molar refractivity (Wildman–Crippen MR) is 77.9 cm³/mol. The number of carboxylic acids is 1. The van der Waals surface area contributed by atoms with Crippen LogP contribution in [0.5, 0.6) is 0 Å². The van der Waals surface area contributed by atoms with Gasteiger partial charge in [0.2, 0.25) is 0 Å². The lowest BCUT2D eigenvalue weighted by Gasteiger charge is -2.27. The summed E-state index contributed by atoms with van der Waals surface area (Å²) in [6.07, 6.45) is 5.29. The minimum atomic E-state index is -1.05. The van der Waals surface area contributed by atoms with Crippen molar-refractivity contribution < 1.29 is 19.8 Å². The van der Waals surface area contributed by atoms with Crippen molar-refractivity contribution in [1.82, 2.24) is 10.2 Å². The van der Waals surface area contributed by atoms with Crippen LogP contribution in [0.25, 0.3) is 0 Å². The van der Waals surface area contributed by atoms with E-state index < -0.39 is 18.1 Å². The van der Waals surface area contributed by atoms with Gasteiger partial charge in [-0.25, -0.2) is 9.59 Å². The summed E-state index contributed by atoms with van der Waals surface area (Å²) in [5, 5.41) is 21.4. The van der Waals surface area contributed by atoms with Gasteiger partial charge in [0.1, 0.15) is 6.04 Å². The summed E-state index contributed by atoms with van der Waals surface area (Å²) in [5.74, 6) is 0.433. The maximum absolute atomic E-state index is 12.0. The third-order valence-corrected chi connectivity index (χ3v) is 4.79. The molecule has 1 aliphatic carbocycles. The first-order valence-corrected chi connectivity index (χ1v) is 7.92. The van der Waals surface area contributed by atoms with Crippen LogP contribution in [-0.4, -0.2) is 52.3 Å². The molecule has 0 aromatic rings. The number of aliphatic carboxylic acids is 1. The molecule has 0 bridgehead atoms. The highest BCUT2D eigenvalue weighted by Gasteiger charge is 2.38. The number of β-amino-alcohol motifs (C(OH)–C–C–N with tert-alkyl or cyclic N) is 1. The van der Waals surface area contributed by atoms with Crippen molar-refractivity contribution in [3.8, 4) is 0 Å². The van der Waals surface area contributed by atoms with E-state index in [1.165, 1.54) is 30.6 Å². The van der Waals surface area contributed by atoms with E-state index in [2.05, 4.69) is 12.2 Å². The molecule has 6 nitrogen and oxygen atoms in total. The summed E-state index contributed by atoms with van der Waals surface area (Å²) in [7, 11) is 0. The molecule has 1 unspecified atom stereocenters. The fourth-order valence-corrected chi connectivity index (χ4v) is 3.37. The summed E-state index contributed by atoms with van der Waals surface area (Å²) < 4.78 is 0. The van der Waals surface area contributed by atoms with Gasteiger partial charge in [0.05, 0.1) is 6.10 Å². The van der Waals surface area contributed by atoms with E-state index in [9.17, 15) is 14.7 Å². The van der Waals surface area contributed by atoms with E-state index in [4.69, 9.17) is 5.11 Å². The van der Waals surface area contributed by atoms with Gasteiger partial charge in [0.25, 0.3) is 0 Å². The van der Waals surface area contributed by atoms with E-state index in [0.29, 0.717) is 12.5 Å². The molecular formula is C15H26N2O4. The molecule has 2 fully saturated rings. The Labute approximate surface area is 125 Å². The van der Waals surface area contributed by atoms with E-state index in [1.807, 2.05) is 0 Å². The second kappa shape index (κ2) is 7.11. The molecule has 21 heavy (non-hydrogen) atoms. The van der Waals surface area contributed by atoms with Gasteiger partial charge < -0.3 is 20.4 Å². The van der Waals surface area contributed by atoms with Crippen molar-refractivity contribution in [2.24, 2.45) is 11.8 Å². The number of amides is 2. The zero-order valence-corrected chi connectivity index (χ0v) is 12.6. The number of likely N-dealkylation sites (tertiary alicyclic amines) is 1. The number of nitrogens with one attached hydrogen (secondary N) is 1. The quantitative estimate of drug-likeness (QED) is 0.732. The molecule has 0 aromatic carbocycles. The van der Waals surface area contributed by atoms with Gasteiger partial charge in [0, 0.05) is 19.5 Å². The predicted octanol–water partition coefficient (Wildman–Crippen LogP) is 1.43. The molecule has 6 heteroatoms. The Morgan fingerprint density at radius 1 is 1.24 bits per heavy atom. The molecule has 0 radical (unpaired) electrons. The van der Waals surface area contributed by atoms with Crippen LogP contribution < -0.4 is 5.32 Å². The number of aliphatic hydroxyl groups is 1. The Morgan fingerprint density at radius 3 is 2.52 bits per heavy atom. The number of nitrogens with zero attached hydrogens (tertiary/aromatic N) is 1. The van der Waals surface area contributed by atoms with Crippen molar-refractivity contribution in [3.63, 3.8) is 0 Å². The first-order valence-electron chi connectivity index (χ1n) is 7.92. The first kappa shape index (κ1) is 16.1. The average molecular weight is 298 g/mol. The van der Waals surface area contributed by atoms with Crippen LogP contribution >= 0.6 is 0 Å². The molecule has 0 spiro atoms. The Hall–Kier alpha value is -1.30. The largest absolute Gasteiger partial charge is 0.480 e. The number of carboxylic acid groups (broad SMARTS) is 1. The Balaban J connectivity index is 1.73. The number of hydrogen-bond acceptors (Lipinski definition) is 3. The highest BCUT2D eigenvalue weighted by Crippen LogP contribution is 2.30. The summed E-state index contributed by atoms with van der Waals surface area (Å²) in [6, 6.07) is -1.28. The minimum absolute atomic E-state index is 0.101. The van der Waals surface area contributed by atoms with Crippen LogP contribution in [0.15, 0.2) is 0 Å². The van der Waals surface area contributed by atoms with Crippen LogP contribution in [0, 0.1) is 11.8 Å². The number of hydrogen-bond donors (Lipinski definition) is 3. The maximum Gasteiger partial charge on any atom is 0.326 e. The van der Waals surface area contributed by atoms with Gasteiger partial charge in [-0.15, -0.1) is 0 Å². The normalized spacial score (nSPS) is 33.0. The molecule has 2 atom stereocenters. The highest BCUT2D eigenvalue weighted by molar-refractivity contribution is 5.83. The molecule has 2 rings (SSSR count). The molecule has 2 aliphatic rings. The van der Waals surface area contributed by atoms with Gasteiger partial charge in [-0.05, 0) is 18.3 Å². The number of aliphatic hydroxyl groups excluding tert-OH is 1. The molecule has 120 valence electrons. The zero-order valence-electron chi connectivity index (χ0n) is 12.6. The lowest BCUT2D eigenvalue weighted by atomic mass is 9.81. The number of carbonyl (C=O) groups is 2.